The van der Waals surface area contributed by atoms with E-state index in [0.717, 1.165) is 25.4 Å². The second-order valence-electron chi connectivity index (χ2n) is 4.24. The van der Waals surface area contributed by atoms with Crippen molar-refractivity contribution in [3.8, 4) is 0 Å². The van der Waals surface area contributed by atoms with Crippen molar-refractivity contribution in [2.75, 3.05) is 20.1 Å². The van der Waals surface area contributed by atoms with E-state index in [1.807, 2.05) is 18.9 Å². The van der Waals surface area contributed by atoms with E-state index in [1.165, 1.54) is 12.8 Å². The molecule has 1 rings (SSSR count). The molecular formula is C11H22N2O. The van der Waals surface area contributed by atoms with Crippen molar-refractivity contribution in [1.82, 2.24) is 10.2 Å². The molecule has 0 aromatic heterocycles. The fraction of sp³-hybridized carbons (Fsp3) is 0.909. The number of rotatable bonds is 6. The van der Waals surface area contributed by atoms with Crippen LogP contribution in [0.3, 0.4) is 0 Å². The van der Waals surface area contributed by atoms with Crippen LogP contribution < -0.4 is 5.32 Å². The lowest BCUT2D eigenvalue weighted by Gasteiger charge is -2.25. The molecule has 1 aliphatic carbocycles. The molecule has 0 aromatic carbocycles. The van der Waals surface area contributed by atoms with E-state index in [4.69, 9.17) is 0 Å². The summed E-state index contributed by atoms with van der Waals surface area (Å²) < 4.78 is 0. The van der Waals surface area contributed by atoms with E-state index in [9.17, 15) is 4.79 Å². The first kappa shape index (κ1) is 11.5. The minimum Gasteiger partial charge on any atom is -0.341 e. The number of hydrogen-bond acceptors (Lipinski definition) is 2. The van der Waals surface area contributed by atoms with Crippen LogP contribution in [-0.4, -0.2) is 37.0 Å². The van der Waals surface area contributed by atoms with Crippen LogP contribution in [0.5, 0.6) is 0 Å². The Hall–Kier alpha value is -0.570. The Morgan fingerprint density at radius 1 is 1.57 bits per heavy atom. The standard InChI is InChI=1S/C11H22N2O/c1-4-7-13(8-10-5-6-10)11(14)9(2)12-3/h9-10,12H,4-8H2,1-3H3. The molecule has 1 atom stereocenters. The zero-order valence-electron chi connectivity index (χ0n) is 9.55. The maximum atomic E-state index is 11.9. The van der Waals surface area contributed by atoms with E-state index >= 15 is 0 Å². The van der Waals surface area contributed by atoms with Crippen molar-refractivity contribution in [1.29, 1.82) is 0 Å². The zero-order valence-corrected chi connectivity index (χ0v) is 9.55. The van der Waals surface area contributed by atoms with Crippen LogP contribution >= 0.6 is 0 Å². The number of carbonyl (C=O) groups excluding carboxylic acids is 1. The highest BCUT2D eigenvalue weighted by Gasteiger charge is 2.27. The van der Waals surface area contributed by atoms with Gasteiger partial charge >= 0.3 is 0 Å². The van der Waals surface area contributed by atoms with Gasteiger partial charge in [-0.1, -0.05) is 6.92 Å². The highest BCUT2D eigenvalue weighted by atomic mass is 16.2. The molecule has 1 N–H and O–H groups in total. The summed E-state index contributed by atoms with van der Waals surface area (Å²) in [7, 11) is 1.84. The first-order valence-electron chi connectivity index (χ1n) is 5.65. The van der Waals surface area contributed by atoms with Crippen molar-refractivity contribution >= 4 is 5.91 Å². The smallest absolute Gasteiger partial charge is 0.239 e. The van der Waals surface area contributed by atoms with E-state index in [2.05, 4.69) is 12.2 Å². The van der Waals surface area contributed by atoms with Crippen LogP contribution in [0.2, 0.25) is 0 Å². The highest BCUT2D eigenvalue weighted by Crippen LogP contribution is 2.29. The Morgan fingerprint density at radius 3 is 2.64 bits per heavy atom. The average Bonchev–Trinajstić information content (AvgIpc) is 2.98. The summed E-state index contributed by atoms with van der Waals surface area (Å²) in [6, 6.07) is -0.0414. The molecule has 1 fully saturated rings. The minimum absolute atomic E-state index is 0.0414. The molecule has 1 aliphatic rings. The summed E-state index contributed by atoms with van der Waals surface area (Å²) in [5.41, 5.74) is 0. The van der Waals surface area contributed by atoms with Gasteiger partial charge in [0.1, 0.15) is 0 Å². The molecule has 82 valence electrons. The van der Waals surface area contributed by atoms with Gasteiger partial charge in [0.15, 0.2) is 0 Å². The van der Waals surface area contributed by atoms with Crippen LogP contribution in [0.4, 0.5) is 0 Å². The number of nitrogens with one attached hydrogen (secondary N) is 1. The molecule has 1 amide bonds. The van der Waals surface area contributed by atoms with Gasteiger partial charge < -0.3 is 10.2 Å². The summed E-state index contributed by atoms with van der Waals surface area (Å²) in [6.45, 7) is 5.93. The fourth-order valence-electron chi connectivity index (χ4n) is 1.57. The van der Waals surface area contributed by atoms with Crippen molar-refractivity contribution in [3.63, 3.8) is 0 Å². The van der Waals surface area contributed by atoms with Gasteiger partial charge in [-0.25, -0.2) is 0 Å². The molecule has 3 heteroatoms. The van der Waals surface area contributed by atoms with Crippen molar-refractivity contribution in [2.24, 2.45) is 5.92 Å². The number of nitrogens with zero attached hydrogens (tertiary/aromatic N) is 1. The largest absolute Gasteiger partial charge is 0.341 e. The van der Waals surface area contributed by atoms with Crippen molar-refractivity contribution in [3.05, 3.63) is 0 Å². The van der Waals surface area contributed by atoms with E-state index in [0.29, 0.717) is 0 Å². The lowest BCUT2D eigenvalue weighted by atomic mass is 10.2. The van der Waals surface area contributed by atoms with Crippen LogP contribution in [0.1, 0.15) is 33.1 Å². The van der Waals surface area contributed by atoms with Gasteiger partial charge in [0.25, 0.3) is 0 Å². The SMILES string of the molecule is CCCN(CC1CC1)C(=O)C(C)NC. The molecule has 0 spiro atoms. The van der Waals surface area contributed by atoms with Gasteiger partial charge in [-0.3, -0.25) is 4.79 Å². The Morgan fingerprint density at radius 2 is 2.21 bits per heavy atom. The summed E-state index contributed by atoms with van der Waals surface area (Å²) in [5.74, 6) is 1.04. The molecule has 1 saturated carbocycles. The summed E-state index contributed by atoms with van der Waals surface area (Å²) in [5, 5.41) is 3.01. The van der Waals surface area contributed by atoms with Crippen LogP contribution in [0.25, 0.3) is 0 Å². The fourth-order valence-corrected chi connectivity index (χ4v) is 1.57. The number of amides is 1. The molecule has 1 unspecified atom stereocenters. The van der Waals surface area contributed by atoms with E-state index < -0.39 is 0 Å². The monoisotopic (exact) mass is 198 g/mol. The predicted molar refractivity (Wildman–Crippen MR) is 58.1 cm³/mol. The zero-order chi connectivity index (χ0) is 10.6. The molecular weight excluding hydrogens is 176 g/mol. The maximum Gasteiger partial charge on any atom is 0.239 e. The van der Waals surface area contributed by atoms with Gasteiger partial charge in [0.2, 0.25) is 5.91 Å². The second-order valence-corrected chi connectivity index (χ2v) is 4.24. The summed E-state index contributed by atoms with van der Waals surface area (Å²) in [6.07, 6.45) is 3.66. The maximum absolute atomic E-state index is 11.9. The first-order valence-corrected chi connectivity index (χ1v) is 5.65. The third-order valence-corrected chi connectivity index (χ3v) is 2.78. The Labute approximate surface area is 86.9 Å². The van der Waals surface area contributed by atoms with Crippen LogP contribution in [0.15, 0.2) is 0 Å². The number of carbonyl (C=O) groups is 1. The van der Waals surface area contributed by atoms with Crippen molar-refractivity contribution in [2.45, 2.75) is 39.2 Å². The molecule has 0 heterocycles. The molecule has 0 aromatic rings. The third-order valence-electron chi connectivity index (χ3n) is 2.78. The molecule has 14 heavy (non-hydrogen) atoms. The molecule has 0 aliphatic heterocycles. The van der Waals surface area contributed by atoms with Crippen molar-refractivity contribution < 1.29 is 4.79 Å². The second kappa shape index (κ2) is 5.35. The Balaban J connectivity index is 2.42. The minimum atomic E-state index is -0.0414. The van der Waals surface area contributed by atoms with Gasteiger partial charge in [-0.2, -0.15) is 0 Å². The van der Waals surface area contributed by atoms with Gasteiger partial charge in [-0.05, 0) is 39.2 Å². The van der Waals surface area contributed by atoms with E-state index in [1.54, 1.807) is 0 Å². The molecule has 0 bridgehead atoms. The quantitative estimate of drug-likeness (QED) is 0.696. The highest BCUT2D eigenvalue weighted by molar-refractivity contribution is 5.81. The van der Waals surface area contributed by atoms with Crippen LogP contribution in [0, 0.1) is 5.92 Å². The Bertz CT molecular complexity index is 190. The lowest BCUT2D eigenvalue weighted by Crippen LogP contribution is -2.44. The molecule has 0 radical (unpaired) electrons. The number of hydrogen-bond donors (Lipinski definition) is 1. The topological polar surface area (TPSA) is 32.3 Å². The summed E-state index contributed by atoms with van der Waals surface area (Å²) in [4.78, 5) is 13.9. The Kier molecular flexibility index (Phi) is 4.39. The normalized spacial score (nSPS) is 17.9. The third kappa shape index (κ3) is 3.29. The molecule has 3 nitrogen and oxygen atoms in total. The first-order chi connectivity index (χ1) is 6.69. The lowest BCUT2D eigenvalue weighted by molar-refractivity contribution is -0.133. The van der Waals surface area contributed by atoms with Gasteiger partial charge in [0, 0.05) is 13.1 Å². The van der Waals surface area contributed by atoms with Gasteiger partial charge in [0.05, 0.1) is 6.04 Å². The van der Waals surface area contributed by atoms with Crippen LogP contribution in [-0.2, 0) is 4.79 Å². The van der Waals surface area contributed by atoms with E-state index in [-0.39, 0.29) is 11.9 Å². The predicted octanol–water partition coefficient (Wildman–Crippen LogP) is 1.24. The average molecular weight is 198 g/mol. The number of likely N-dealkylation sites (N-methyl/N-ethyl adjacent to an activating group) is 1. The summed E-state index contributed by atoms with van der Waals surface area (Å²) >= 11 is 0. The van der Waals surface area contributed by atoms with Gasteiger partial charge in [-0.15, -0.1) is 0 Å². The molecule has 0 saturated heterocycles.